The number of pyridine rings is 1. The van der Waals surface area contributed by atoms with Crippen LogP contribution in [0.4, 0.5) is 5.69 Å². The fourth-order valence-electron chi connectivity index (χ4n) is 3.52. The summed E-state index contributed by atoms with van der Waals surface area (Å²) in [4.78, 5) is 9.48. The summed E-state index contributed by atoms with van der Waals surface area (Å²) in [6, 6.07) is 12.6. The molecule has 5 rings (SSSR count). The van der Waals surface area contributed by atoms with Crippen LogP contribution in [0.15, 0.2) is 30.3 Å². The van der Waals surface area contributed by atoms with E-state index in [1.54, 1.807) is 0 Å². The van der Waals surface area contributed by atoms with E-state index in [4.69, 9.17) is 5.26 Å². The number of benzene rings is 1. The van der Waals surface area contributed by atoms with Crippen LogP contribution >= 0.6 is 0 Å². The molecule has 4 heterocycles. The van der Waals surface area contributed by atoms with Crippen molar-refractivity contribution in [1.29, 1.82) is 5.26 Å². The molecule has 1 aromatic carbocycles. The summed E-state index contributed by atoms with van der Waals surface area (Å²) in [7, 11) is 0. The van der Waals surface area contributed by atoms with Crippen molar-refractivity contribution >= 4 is 16.6 Å². The van der Waals surface area contributed by atoms with Gasteiger partial charge >= 0.3 is 0 Å². The maximum Gasteiger partial charge on any atom is 0.143 e. The van der Waals surface area contributed by atoms with Gasteiger partial charge in [0, 0.05) is 56.4 Å². The smallest absolute Gasteiger partial charge is 0.143 e. The van der Waals surface area contributed by atoms with E-state index in [0.29, 0.717) is 11.7 Å². The average molecular weight is 293 g/mol. The second-order valence-corrected chi connectivity index (χ2v) is 6.06. The molecule has 3 aliphatic heterocycles. The molecule has 5 nitrogen and oxygen atoms in total. The van der Waals surface area contributed by atoms with Crippen molar-refractivity contribution in [3.8, 4) is 6.07 Å². The highest BCUT2D eigenvalue weighted by Crippen LogP contribution is 2.24. The van der Waals surface area contributed by atoms with E-state index in [1.807, 2.05) is 24.3 Å². The lowest BCUT2D eigenvalue weighted by molar-refractivity contribution is 0.0189. The highest BCUT2D eigenvalue weighted by Gasteiger charge is 2.31. The Labute approximate surface area is 130 Å². The van der Waals surface area contributed by atoms with Crippen molar-refractivity contribution in [1.82, 2.24) is 14.8 Å². The minimum absolute atomic E-state index is 0.468. The van der Waals surface area contributed by atoms with Crippen LogP contribution in [0, 0.1) is 11.3 Å². The molecule has 0 amide bonds. The number of nitriles is 1. The zero-order valence-corrected chi connectivity index (χ0v) is 12.5. The minimum Gasteiger partial charge on any atom is -0.383 e. The number of para-hydroxylation sites is 1. The molecule has 3 fully saturated rings. The Morgan fingerprint density at radius 1 is 1.23 bits per heavy atom. The van der Waals surface area contributed by atoms with E-state index in [2.05, 4.69) is 32.2 Å². The van der Waals surface area contributed by atoms with Crippen molar-refractivity contribution in [3.05, 3.63) is 36.0 Å². The lowest BCUT2D eigenvalue weighted by Gasteiger charge is -2.47. The number of hydrogen-bond donors (Lipinski definition) is 1. The van der Waals surface area contributed by atoms with Crippen LogP contribution < -0.4 is 5.32 Å². The molecule has 1 unspecified atom stereocenters. The van der Waals surface area contributed by atoms with Gasteiger partial charge in [-0.15, -0.1) is 0 Å². The highest BCUT2D eigenvalue weighted by atomic mass is 15.3. The van der Waals surface area contributed by atoms with Gasteiger partial charge in [0.15, 0.2) is 0 Å². The van der Waals surface area contributed by atoms with Gasteiger partial charge in [0.2, 0.25) is 0 Å². The second-order valence-electron chi connectivity index (χ2n) is 6.06. The van der Waals surface area contributed by atoms with Gasteiger partial charge < -0.3 is 5.32 Å². The predicted molar refractivity (Wildman–Crippen MR) is 86.7 cm³/mol. The van der Waals surface area contributed by atoms with Crippen LogP contribution in [-0.4, -0.2) is 60.1 Å². The van der Waals surface area contributed by atoms with Crippen molar-refractivity contribution in [2.45, 2.75) is 6.04 Å². The van der Waals surface area contributed by atoms with Crippen molar-refractivity contribution in [2.75, 3.05) is 44.6 Å². The maximum atomic E-state index is 9.17. The molecule has 2 aromatic rings. The second kappa shape index (κ2) is 5.56. The quantitative estimate of drug-likeness (QED) is 0.930. The van der Waals surface area contributed by atoms with E-state index >= 15 is 0 Å². The molecule has 0 aliphatic carbocycles. The molecular formula is C17H19N5. The Bertz CT molecular complexity index is 727. The minimum atomic E-state index is 0.468. The molecule has 112 valence electrons. The van der Waals surface area contributed by atoms with E-state index in [-0.39, 0.29) is 0 Å². The van der Waals surface area contributed by atoms with Gasteiger partial charge in [-0.25, -0.2) is 4.98 Å². The van der Waals surface area contributed by atoms with Crippen LogP contribution in [-0.2, 0) is 0 Å². The monoisotopic (exact) mass is 293 g/mol. The van der Waals surface area contributed by atoms with Crippen molar-refractivity contribution < 1.29 is 0 Å². The van der Waals surface area contributed by atoms with E-state index in [9.17, 15) is 0 Å². The van der Waals surface area contributed by atoms with Crippen molar-refractivity contribution in [3.63, 3.8) is 0 Å². The summed E-state index contributed by atoms with van der Waals surface area (Å²) in [6.45, 7) is 6.80. The zero-order chi connectivity index (χ0) is 14.9. The topological polar surface area (TPSA) is 55.2 Å². The molecule has 5 heteroatoms. The van der Waals surface area contributed by atoms with E-state index < -0.39 is 0 Å². The number of rotatable bonds is 3. The number of hydrogen-bond acceptors (Lipinski definition) is 5. The number of nitrogens with zero attached hydrogens (tertiary/aromatic N) is 4. The number of aromatic nitrogens is 1. The molecule has 1 N–H and O–H groups in total. The Balaban J connectivity index is 1.57. The van der Waals surface area contributed by atoms with Gasteiger partial charge in [-0.2, -0.15) is 5.26 Å². The molecule has 3 saturated heterocycles. The summed E-state index contributed by atoms with van der Waals surface area (Å²) in [6.07, 6.45) is 0. The largest absolute Gasteiger partial charge is 0.383 e. The SMILES string of the molecule is N#Cc1cc(NCC2CN3CCN2CC3)c2ccccc2n1. The van der Waals surface area contributed by atoms with Crippen molar-refractivity contribution in [2.24, 2.45) is 0 Å². The summed E-state index contributed by atoms with van der Waals surface area (Å²) < 4.78 is 0. The molecular weight excluding hydrogens is 274 g/mol. The zero-order valence-electron chi connectivity index (χ0n) is 12.5. The van der Waals surface area contributed by atoms with Gasteiger partial charge in [0.05, 0.1) is 5.52 Å². The van der Waals surface area contributed by atoms with Crippen LogP contribution in [0.3, 0.4) is 0 Å². The Morgan fingerprint density at radius 2 is 2.05 bits per heavy atom. The molecule has 0 spiro atoms. The number of fused-ring (bicyclic) bond motifs is 4. The Kier molecular flexibility index (Phi) is 3.41. The van der Waals surface area contributed by atoms with Crippen LogP contribution in [0.2, 0.25) is 0 Å². The Hall–Kier alpha value is -2.16. The van der Waals surface area contributed by atoms with Crippen LogP contribution in [0.25, 0.3) is 10.9 Å². The fraction of sp³-hybridized carbons (Fsp3) is 0.412. The molecule has 2 bridgehead atoms. The van der Waals surface area contributed by atoms with E-state index in [1.165, 1.54) is 26.2 Å². The molecule has 0 radical (unpaired) electrons. The van der Waals surface area contributed by atoms with Gasteiger partial charge in [-0.1, -0.05) is 18.2 Å². The number of nitrogens with one attached hydrogen (secondary N) is 1. The molecule has 0 saturated carbocycles. The van der Waals surface area contributed by atoms with Gasteiger partial charge in [-0.05, 0) is 12.1 Å². The highest BCUT2D eigenvalue weighted by molar-refractivity contribution is 5.91. The lowest BCUT2D eigenvalue weighted by Crippen LogP contribution is -2.62. The molecule has 3 aliphatic rings. The first-order chi connectivity index (χ1) is 10.8. The van der Waals surface area contributed by atoms with Gasteiger partial charge in [0.25, 0.3) is 0 Å². The third kappa shape index (κ3) is 2.41. The summed E-state index contributed by atoms with van der Waals surface area (Å²) in [5.74, 6) is 0. The fourth-order valence-corrected chi connectivity index (χ4v) is 3.52. The average Bonchev–Trinajstić information content (AvgIpc) is 2.60. The number of piperazine rings is 3. The molecule has 1 atom stereocenters. The van der Waals surface area contributed by atoms with Crippen LogP contribution in [0.1, 0.15) is 5.69 Å². The summed E-state index contributed by atoms with van der Waals surface area (Å²) in [5, 5.41) is 13.8. The first-order valence-electron chi connectivity index (χ1n) is 7.83. The Morgan fingerprint density at radius 3 is 2.77 bits per heavy atom. The van der Waals surface area contributed by atoms with E-state index in [0.717, 1.165) is 29.7 Å². The maximum absolute atomic E-state index is 9.17. The van der Waals surface area contributed by atoms with Gasteiger partial charge in [0.1, 0.15) is 11.8 Å². The molecule has 1 aromatic heterocycles. The lowest BCUT2D eigenvalue weighted by atomic mass is 10.1. The third-order valence-electron chi connectivity index (χ3n) is 4.75. The normalized spacial score (nSPS) is 26.8. The number of anilines is 1. The summed E-state index contributed by atoms with van der Waals surface area (Å²) >= 11 is 0. The standard InChI is InChI=1S/C17H19N5/c18-10-13-9-17(15-3-1-2-4-16(15)20-13)19-11-14-12-21-5-7-22(14)8-6-21/h1-4,9,14H,5-8,11-12H2,(H,19,20). The summed E-state index contributed by atoms with van der Waals surface area (Å²) in [5.41, 5.74) is 2.36. The molecule has 22 heavy (non-hydrogen) atoms. The first kappa shape index (κ1) is 13.5. The first-order valence-corrected chi connectivity index (χ1v) is 7.83. The predicted octanol–water partition coefficient (Wildman–Crippen LogP) is 1.52. The van der Waals surface area contributed by atoms with Gasteiger partial charge in [-0.3, -0.25) is 9.80 Å². The van der Waals surface area contributed by atoms with Crippen LogP contribution in [0.5, 0.6) is 0 Å². The third-order valence-corrected chi connectivity index (χ3v) is 4.75.